The molecule has 0 rings (SSSR count). The van der Waals surface area contributed by atoms with Gasteiger partial charge in [-0.05, 0) is 18.4 Å². The number of amides is 3. The van der Waals surface area contributed by atoms with E-state index in [0.717, 1.165) is 0 Å². The molecule has 164 valence electrons. The van der Waals surface area contributed by atoms with Gasteiger partial charge in [-0.3, -0.25) is 24.0 Å². The molecule has 3 unspecified atom stereocenters. The quantitative estimate of drug-likeness (QED) is 0.147. The average Bonchev–Trinajstić information content (AvgIpc) is 2.61. The Morgan fingerprint density at radius 2 is 1.48 bits per heavy atom. The zero-order valence-electron chi connectivity index (χ0n) is 15.5. The largest absolute Gasteiger partial charge is 0.481 e. The van der Waals surface area contributed by atoms with Gasteiger partial charge in [0, 0.05) is 0 Å². The van der Waals surface area contributed by atoms with Gasteiger partial charge in [0.05, 0.1) is 25.4 Å². The summed E-state index contributed by atoms with van der Waals surface area (Å²) in [6.45, 7) is -0.658. The monoisotopic (exact) mass is 436 g/mol. The van der Waals surface area contributed by atoms with Gasteiger partial charge in [-0.15, -0.1) is 0 Å². The summed E-state index contributed by atoms with van der Waals surface area (Å²) in [4.78, 5) is 68.3. The van der Waals surface area contributed by atoms with Gasteiger partial charge < -0.3 is 37.0 Å². The van der Waals surface area contributed by atoms with Crippen LogP contribution in [0.2, 0.25) is 0 Å². The number of carboxylic acid groups (broad SMARTS) is 3. The molecule has 0 aliphatic carbocycles. The normalized spacial score (nSPS) is 13.4. The number of nitrogens with one attached hydrogen (secondary N) is 3. The molecule has 0 aromatic heterocycles. The van der Waals surface area contributed by atoms with Crippen LogP contribution in [0.5, 0.6) is 0 Å². The molecule has 0 aliphatic rings. The number of carboxylic acids is 3. The number of rotatable bonds is 14. The van der Waals surface area contributed by atoms with Crippen molar-refractivity contribution in [1.82, 2.24) is 16.0 Å². The van der Waals surface area contributed by atoms with Crippen molar-refractivity contribution in [3.63, 3.8) is 0 Å². The summed E-state index contributed by atoms with van der Waals surface area (Å²) in [6.07, 6.45) is 0.349. The van der Waals surface area contributed by atoms with Crippen molar-refractivity contribution in [2.24, 2.45) is 5.73 Å². The van der Waals surface area contributed by atoms with E-state index in [9.17, 15) is 28.8 Å². The SMILES string of the molecule is CSCCC(NC(=O)CNC(=O)C(CC(=O)O)NC(=O)C(N)CC(=O)O)C(=O)O. The minimum Gasteiger partial charge on any atom is -0.481 e. The first kappa shape index (κ1) is 26.1. The summed E-state index contributed by atoms with van der Waals surface area (Å²) < 4.78 is 0. The minimum absolute atomic E-state index is 0.162. The average molecular weight is 436 g/mol. The van der Waals surface area contributed by atoms with Crippen molar-refractivity contribution < 1.29 is 44.1 Å². The minimum atomic E-state index is -1.61. The fourth-order valence-corrected chi connectivity index (χ4v) is 2.44. The van der Waals surface area contributed by atoms with E-state index in [0.29, 0.717) is 5.75 Å². The van der Waals surface area contributed by atoms with Crippen LogP contribution in [0.1, 0.15) is 19.3 Å². The lowest BCUT2D eigenvalue weighted by molar-refractivity contribution is -0.143. The van der Waals surface area contributed by atoms with Gasteiger partial charge in [0.2, 0.25) is 17.7 Å². The maximum Gasteiger partial charge on any atom is 0.326 e. The van der Waals surface area contributed by atoms with E-state index in [-0.39, 0.29) is 6.42 Å². The van der Waals surface area contributed by atoms with Gasteiger partial charge in [-0.25, -0.2) is 4.79 Å². The molecule has 0 aromatic carbocycles. The molecular weight excluding hydrogens is 412 g/mol. The van der Waals surface area contributed by atoms with Crippen LogP contribution < -0.4 is 21.7 Å². The smallest absolute Gasteiger partial charge is 0.326 e. The highest BCUT2D eigenvalue weighted by atomic mass is 32.2. The molecule has 0 radical (unpaired) electrons. The van der Waals surface area contributed by atoms with Crippen molar-refractivity contribution in [3.8, 4) is 0 Å². The van der Waals surface area contributed by atoms with Crippen LogP contribution in [0.15, 0.2) is 0 Å². The maximum absolute atomic E-state index is 12.1. The van der Waals surface area contributed by atoms with Gasteiger partial charge in [-0.1, -0.05) is 0 Å². The zero-order valence-corrected chi connectivity index (χ0v) is 16.4. The third-order valence-corrected chi connectivity index (χ3v) is 4.05. The molecule has 13 nitrogen and oxygen atoms in total. The van der Waals surface area contributed by atoms with Crippen LogP contribution in [0.25, 0.3) is 0 Å². The second-order valence-electron chi connectivity index (χ2n) is 5.82. The predicted octanol–water partition coefficient (Wildman–Crippen LogP) is -2.81. The van der Waals surface area contributed by atoms with Crippen molar-refractivity contribution in [2.45, 2.75) is 37.4 Å². The van der Waals surface area contributed by atoms with E-state index in [4.69, 9.17) is 21.1 Å². The van der Waals surface area contributed by atoms with Crippen molar-refractivity contribution >= 4 is 47.4 Å². The Balaban J connectivity index is 4.82. The molecule has 0 saturated carbocycles. The molecule has 0 fully saturated rings. The molecule has 8 N–H and O–H groups in total. The number of nitrogens with two attached hydrogens (primary N) is 1. The molecule has 0 aromatic rings. The van der Waals surface area contributed by atoms with Crippen LogP contribution in [0.4, 0.5) is 0 Å². The topological polar surface area (TPSA) is 225 Å². The predicted molar refractivity (Wildman–Crippen MR) is 100.0 cm³/mol. The summed E-state index contributed by atoms with van der Waals surface area (Å²) in [7, 11) is 0. The Labute approximate surface area is 169 Å². The van der Waals surface area contributed by atoms with E-state index in [1.807, 2.05) is 5.32 Å². The first-order chi connectivity index (χ1) is 13.5. The Bertz CT molecular complexity index is 643. The number of aliphatic carboxylic acids is 3. The second kappa shape index (κ2) is 13.3. The number of carbonyl (C=O) groups is 6. The molecular formula is C15H24N4O9S. The van der Waals surface area contributed by atoms with Crippen LogP contribution in [0, 0.1) is 0 Å². The van der Waals surface area contributed by atoms with E-state index in [1.165, 1.54) is 11.8 Å². The third-order valence-electron chi connectivity index (χ3n) is 3.41. The zero-order chi connectivity index (χ0) is 22.6. The highest BCUT2D eigenvalue weighted by Gasteiger charge is 2.27. The standard InChI is InChI=1S/C15H24N4O9S/c1-29-3-2-8(15(27)28)18-10(20)6-17-14(26)9(5-12(23)24)19-13(25)7(16)4-11(21)22/h7-9H,2-6,16H2,1H3,(H,17,26)(H,18,20)(H,19,25)(H,21,22)(H,23,24)(H,27,28). The molecule has 14 heteroatoms. The second-order valence-corrected chi connectivity index (χ2v) is 6.81. The van der Waals surface area contributed by atoms with Crippen molar-refractivity contribution in [2.75, 3.05) is 18.6 Å². The third kappa shape index (κ3) is 11.5. The first-order valence-electron chi connectivity index (χ1n) is 8.26. The Hall–Kier alpha value is -2.87. The van der Waals surface area contributed by atoms with Gasteiger partial charge in [0.1, 0.15) is 12.1 Å². The maximum atomic E-state index is 12.1. The lowest BCUT2D eigenvalue weighted by Crippen LogP contribution is -2.54. The molecule has 3 atom stereocenters. The molecule has 29 heavy (non-hydrogen) atoms. The number of thioether (sulfide) groups is 1. The Kier molecular flexibility index (Phi) is 12.0. The van der Waals surface area contributed by atoms with Crippen LogP contribution in [-0.2, 0) is 28.8 Å². The van der Waals surface area contributed by atoms with Crippen LogP contribution in [-0.4, -0.2) is 87.6 Å². The summed E-state index contributed by atoms with van der Waals surface area (Å²) >= 11 is 1.39. The van der Waals surface area contributed by atoms with Crippen molar-refractivity contribution in [3.05, 3.63) is 0 Å². The van der Waals surface area contributed by atoms with Crippen LogP contribution >= 0.6 is 11.8 Å². The molecule has 0 heterocycles. The van der Waals surface area contributed by atoms with Gasteiger partial charge in [0.15, 0.2) is 0 Å². The van der Waals surface area contributed by atoms with Crippen LogP contribution in [0.3, 0.4) is 0 Å². The van der Waals surface area contributed by atoms with E-state index >= 15 is 0 Å². The molecule has 0 spiro atoms. The van der Waals surface area contributed by atoms with Gasteiger partial charge in [-0.2, -0.15) is 11.8 Å². The number of hydrogen-bond donors (Lipinski definition) is 7. The summed E-state index contributed by atoms with van der Waals surface area (Å²) in [5.74, 6) is -6.48. The molecule has 3 amide bonds. The number of hydrogen-bond acceptors (Lipinski definition) is 8. The lowest BCUT2D eigenvalue weighted by atomic mass is 10.1. The van der Waals surface area contributed by atoms with E-state index < -0.39 is 73.1 Å². The van der Waals surface area contributed by atoms with E-state index in [1.54, 1.807) is 6.26 Å². The summed E-state index contributed by atoms with van der Waals surface area (Å²) in [5, 5.41) is 32.8. The fraction of sp³-hybridized carbons (Fsp3) is 0.600. The van der Waals surface area contributed by atoms with Gasteiger partial charge in [0.25, 0.3) is 0 Å². The molecule has 0 saturated heterocycles. The highest BCUT2D eigenvalue weighted by Crippen LogP contribution is 2.01. The first-order valence-corrected chi connectivity index (χ1v) is 9.65. The lowest BCUT2D eigenvalue weighted by Gasteiger charge is -2.19. The Morgan fingerprint density at radius 3 is 1.97 bits per heavy atom. The van der Waals surface area contributed by atoms with Crippen molar-refractivity contribution in [1.29, 1.82) is 0 Å². The van der Waals surface area contributed by atoms with E-state index in [2.05, 4.69) is 10.6 Å². The van der Waals surface area contributed by atoms with Gasteiger partial charge >= 0.3 is 17.9 Å². The summed E-state index contributed by atoms with van der Waals surface area (Å²) in [5.41, 5.74) is 5.35. The molecule has 0 aliphatic heterocycles. The molecule has 0 bridgehead atoms. The number of carbonyl (C=O) groups excluding carboxylic acids is 3. The fourth-order valence-electron chi connectivity index (χ4n) is 1.97. The highest BCUT2D eigenvalue weighted by molar-refractivity contribution is 7.98. The Morgan fingerprint density at radius 1 is 0.897 bits per heavy atom. The summed E-state index contributed by atoms with van der Waals surface area (Å²) in [6, 6.07) is -4.28.